The summed E-state index contributed by atoms with van der Waals surface area (Å²) in [6.07, 6.45) is 5.10. The predicted molar refractivity (Wildman–Crippen MR) is 73.4 cm³/mol. The molecule has 0 aromatic rings. The van der Waals surface area contributed by atoms with Gasteiger partial charge < -0.3 is 14.7 Å². The third-order valence-electron chi connectivity index (χ3n) is 2.94. The summed E-state index contributed by atoms with van der Waals surface area (Å²) in [5.74, 6) is 2.58. The van der Waals surface area contributed by atoms with Crippen molar-refractivity contribution >= 4 is 11.8 Å². The number of nitrogens with one attached hydrogen (secondary N) is 1. The smallest absolute Gasteiger partial charge is 0.236 e. The van der Waals surface area contributed by atoms with Gasteiger partial charge in [-0.05, 0) is 14.1 Å². The van der Waals surface area contributed by atoms with Crippen LogP contribution >= 0.6 is 0 Å². The van der Waals surface area contributed by atoms with Gasteiger partial charge >= 0.3 is 0 Å². The van der Waals surface area contributed by atoms with Crippen LogP contribution in [0.4, 0.5) is 0 Å². The number of nitrogens with zero attached hydrogens (tertiary/aromatic N) is 3. The van der Waals surface area contributed by atoms with E-state index in [1.807, 2.05) is 19.0 Å². The first-order chi connectivity index (χ1) is 9.04. The van der Waals surface area contributed by atoms with Crippen LogP contribution in [-0.2, 0) is 9.59 Å². The van der Waals surface area contributed by atoms with Crippen molar-refractivity contribution in [2.45, 2.75) is 0 Å². The van der Waals surface area contributed by atoms with Crippen LogP contribution in [0.3, 0.4) is 0 Å². The molecule has 0 atom stereocenters. The number of carbonyl (C=O) groups is 2. The summed E-state index contributed by atoms with van der Waals surface area (Å²) >= 11 is 0. The standard InChI is InChI=1S/C13H22N4O2/c1-4-5-14-10-12(18)16-6-8-17(9-7-16)13(19)11-15(2)3/h1,14H,5-11H2,2-3H3. The molecular formula is C13H22N4O2. The molecule has 1 rings (SSSR count). The monoisotopic (exact) mass is 266 g/mol. The van der Waals surface area contributed by atoms with E-state index in [0.717, 1.165) is 0 Å². The van der Waals surface area contributed by atoms with Crippen molar-refractivity contribution in [3.8, 4) is 12.3 Å². The van der Waals surface area contributed by atoms with Crippen LogP contribution in [0.15, 0.2) is 0 Å². The van der Waals surface area contributed by atoms with Gasteiger partial charge in [-0.15, -0.1) is 6.42 Å². The number of amides is 2. The van der Waals surface area contributed by atoms with Crippen LogP contribution in [0.1, 0.15) is 0 Å². The van der Waals surface area contributed by atoms with Crippen LogP contribution in [0.25, 0.3) is 0 Å². The lowest BCUT2D eigenvalue weighted by atomic mass is 10.3. The van der Waals surface area contributed by atoms with Crippen molar-refractivity contribution in [3.63, 3.8) is 0 Å². The lowest BCUT2D eigenvalue weighted by Crippen LogP contribution is -2.53. The number of piperazine rings is 1. The average molecular weight is 266 g/mol. The zero-order valence-corrected chi connectivity index (χ0v) is 11.7. The minimum atomic E-state index is 0.0370. The van der Waals surface area contributed by atoms with E-state index in [0.29, 0.717) is 39.3 Å². The summed E-state index contributed by atoms with van der Waals surface area (Å²) in [5.41, 5.74) is 0. The van der Waals surface area contributed by atoms with Gasteiger partial charge in [0.1, 0.15) is 0 Å². The number of terminal acetylenes is 1. The Morgan fingerprint density at radius 2 is 1.68 bits per heavy atom. The quantitative estimate of drug-likeness (QED) is 0.483. The molecule has 1 aliphatic rings. The molecule has 0 aromatic carbocycles. The average Bonchev–Trinajstić information content (AvgIpc) is 2.38. The fourth-order valence-corrected chi connectivity index (χ4v) is 1.93. The number of likely N-dealkylation sites (N-methyl/N-ethyl adjacent to an activating group) is 1. The summed E-state index contributed by atoms with van der Waals surface area (Å²) in [5, 5.41) is 2.88. The molecule has 6 nitrogen and oxygen atoms in total. The largest absolute Gasteiger partial charge is 0.338 e. The van der Waals surface area contributed by atoms with Crippen LogP contribution < -0.4 is 5.32 Å². The second kappa shape index (κ2) is 7.77. The molecule has 1 N–H and O–H groups in total. The van der Waals surface area contributed by atoms with Gasteiger partial charge in [0.25, 0.3) is 0 Å². The number of hydrogen-bond acceptors (Lipinski definition) is 4. The zero-order valence-electron chi connectivity index (χ0n) is 11.7. The predicted octanol–water partition coefficient (Wildman–Crippen LogP) is -1.56. The Bertz CT molecular complexity index is 354. The van der Waals surface area contributed by atoms with E-state index in [-0.39, 0.29) is 18.4 Å². The second-order valence-corrected chi connectivity index (χ2v) is 4.81. The van der Waals surface area contributed by atoms with E-state index in [1.54, 1.807) is 9.80 Å². The molecule has 6 heteroatoms. The Balaban J connectivity index is 2.30. The summed E-state index contributed by atoms with van der Waals surface area (Å²) < 4.78 is 0. The SMILES string of the molecule is C#CCNCC(=O)N1CCN(C(=O)CN(C)C)CC1. The van der Waals surface area contributed by atoms with Crippen molar-refractivity contribution in [1.82, 2.24) is 20.0 Å². The van der Waals surface area contributed by atoms with E-state index >= 15 is 0 Å². The summed E-state index contributed by atoms with van der Waals surface area (Å²) in [6, 6.07) is 0. The van der Waals surface area contributed by atoms with E-state index in [1.165, 1.54) is 0 Å². The fraction of sp³-hybridized carbons (Fsp3) is 0.692. The molecule has 19 heavy (non-hydrogen) atoms. The Morgan fingerprint density at radius 1 is 1.16 bits per heavy atom. The molecule has 0 aliphatic carbocycles. The molecule has 0 unspecified atom stereocenters. The first kappa shape index (κ1) is 15.5. The molecule has 0 spiro atoms. The molecule has 1 saturated heterocycles. The maximum absolute atomic E-state index is 11.8. The molecule has 1 fully saturated rings. The Labute approximate surface area is 114 Å². The van der Waals surface area contributed by atoms with Gasteiger partial charge in [0.15, 0.2) is 0 Å². The molecular weight excluding hydrogens is 244 g/mol. The maximum atomic E-state index is 11.8. The van der Waals surface area contributed by atoms with Gasteiger partial charge in [0, 0.05) is 26.2 Å². The van der Waals surface area contributed by atoms with Gasteiger partial charge in [0.05, 0.1) is 19.6 Å². The molecule has 1 heterocycles. The van der Waals surface area contributed by atoms with Gasteiger partial charge in [-0.3, -0.25) is 14.9 Å². The van der Waals surface area contributed by atoms with Crippen LogP contribution in [0, 0.1) is 12.3 Å². The highest BCUT2D eigenvalue weighted by Crippen LogP contribution is 2.02. The number of hydrogen-bond donors (Lipinski definition) is 1. The van der Waals surface area contributed by atoms with E-state index < -0.39 is 0 Å². The first-order valence-electron chi connectivity index (χ1n) is 6.39. The van der Waals surface area contributed by atoms with Crippen LogP contribution in [-0.4, -0.2) is 86.4 Å². The second-order valence-electron chi connectivity index (χ2n) is 4.81. The van der Waals surface area contributed by atoms with Crippen molar-refractivity contribution in [2.24, 2.45) is 0 Å². The summed E-state index contributed by atoms with van der Waals surface area (Å²) in [4.78, 5) is 29.1. The Kier molecular flexibility index (Phi) is 6.33. The highest BCUT2D eigenvalue weighted by atomic mass is 16.2. The topological polar surface area (TPSA) is 55.9 Å². The van der Waals surface area contributed by atoms with Gasteiger partial charge in [-0.1, -0.05) is 5.92 Å². The molecule has 0 aromatic heterocycles. The first-order valence-corrected chi connectivity index (χ1v) is 6.39. The minimum absolute atomic E-state index is 0.0370. The van der Waals surface area contributed by atoms with Crippen molar-refractivity contribution < 1.29 is 9.59 Å². The minimum Gasteiger partial charge on any atom is -0.338 e. The van der Waals surface area contributed by atoms with Gasteiger partial charge in [-0.25, -0.2) is 0 Å². The summed E-state index contributed by atoms with van der Waals surface area (Å²) in [7, 11) is 3.74. The zero-order chi connectivity index (χ0) is 14.3. The van der Waals surface area contributed by atoms with E-state index in [4.69, 9.17) is 6.42 Å². The molecule has 2 amide bonds. The third kappa shape index (κ3) is 5.28. The maximum Gasteiger partial charge on any atom is 0.236 e. The Morgan fingerprint density at radius 3 is 2.16 bits per heavy atom. The molecule has 106 valence electrons. The number of carbonyl (C=O) groups excluding carboxylic acids is 2. The van der Waals surface area contributed by atoms with Gasteiger partial charge in [-0.2, -0.15) is 0 Å². The molecule has 1 aliphatic heterocycles. The third-order valence-corrected chi connectivity index (χ3v) is 2.94. The van der Waals surface area contributed by atoms with Crippen molar-refractivity contribution in [3.05, 3.63) is 0 Å². The highest BCUT2D eigenvalue weighted by Gasteiger charge is 2.23. The van der Waals surface area contributed by atoms with Crippen LogP contribution in [0.2, 0.25) is 0 Å². The molecule has 0 bridgehead atoms. The van der Waals surface area contributed by atoms with Gasteiger partial charge in [0.2, 0.25) is 11.8 Å². The fourth-order valence-electron chi connectivity index (χ4n) is 1.93. The Hall–Kier alpha value is -1.58. The van der Waals surface area contributed by atoms with E-state index in [2.05, 4.69) is 11.2 Å². The van der Waals surface area contributed by atoms with E-state index in [9.17, 15) is 9.59 Å². The highest BCUT2D eigenvalue weighted by molar-refractivity contribution is 5.80. The summed E-state index contributed by atoms with van der Waals surface area (Å²) in [6.45, 7) is 3.47. The van der Waals surface area contributed by atoms with Crippen molar-refractivity contribution in [2.75, 3.05) is 59.9 Å². The van der Waals surface area contributed by atoms with Crippen molar-refractivity contribution in [1.29, 1.82) is 0 Å². The molecule has 0 saturated carbocycles. The lowest BCUT2D eigenvalue weighted by molar-refractivity contribution is -0.139. The number of rotatable bonds is 5. The normalized spacial score (nSPS) is 15.5. The molecule has 0 radical (unpaired) electrons. The van der Waals surface area contributed by atoms with Crippen LogP contribution in [0.5, 0.6) is 0 Å². The lowest BCUT2D eigenvalue weighted by Gasteiger charge is -2.35.